The average Bonchev–Trinajstić information content (AvgIpc) is 3.25. The van der Waals surface area contributed by atoms with E-state index in [4.69, 9.17) is 0 Å². The zero-order valence-corrected chi connectivity index (χ0v) is 22.0. The molecule has 0 aromatic heterocycles. The van der Waals surface area contributed by atoms with Crippen LogP contribution >= 0.6 is 0 Å². The number of rotatable bonds is 8. The van der Waals surface area contributed by atoms with Gasteiger partial charge in [-0.3, -0.25) is 9.69 Å². The van der Waals surface area contributed by atoms with Gasteiger partial charge in [0, 0.05) is 44.2 Å². The molecule has 1 amide bonds. The molecule has 0 bridgehead atoms. The summed E-state index contributed by atoms with van der Waals surface area (Å²) < 4.78 is 54.4. The van der Waals surface area contributed by atoms with Crippen molar-refractivity contribution in [3.8, 4) is 0 Å². The van der Waals surface area contributed by atoms with Crippen molar-refractivity contribution in [2.45, 2.75) is 39.4 Å². The van der Waals surface area contributed by atoms with Crippen molar-refractivity contribution >= 4 is 5.91 Å². The van der Waals surface area contributed by atoms with Crippen LogP contribution < -0.4 is 0 Å². The smallest absolute Gasteiger partial charge is 0.338 e. The van der Waals surface area contributed by atoms with Crippen LogP contribution in [0.2, 0.25) is 0 Å². The van der Waals surface area contributed by atoms with Crippen LogP contribution in [-0.4, -0.2) is 41.9 Å². The lowest BCUT2D eigenvalue weighted by atomic mass is 9.87. The summed E-state index contributed by atoms with van der Waals surface area (Å²) in [6.45, 7) is 8.62. The number of halogens is 4. The number of likely N-dealkylation sites (tertiary alicyclic amines) is 1. The van der Waals surface area contributed by atoms with Crippen LogP contribution in [0.4, 0.5) is 17.6 Å². The first-order chi connectivity index (χ1) is 18.0. The van der Waals surface area contributed by atoms with E-state index >= 15 is 0 Å². The lowest BCUT2D eigenvalue weighted by Crippen LogP contribution is -2.39. The zero-order valence-electron chi connectivity index (χ0n) is 22.0. The number of amides is 1. The van der Waals surface area contributed by atoms with Crippen LogP contribution in [0.5, 0.6) is 0 Å². The number of nitrogens with zero attached hydrogens (tertiary/aromatic N) is 2. The summed E-state index contributed by atoms with van der Waals surface area (Å²) in [6.07, 6.45) is -4.43. The van der Waals surface area contributed by atoms with Crippen LogP contribution in [-0.2, 0) is 12.7 Å². The van der Waals surface area contributed by atoms with Gasteiger partial charge in [-0.15, -0.1) is 0 Å². The standard InChI is InChI=1S/C31H34F4N2O/c1-21(2)16-37(30(38)24-12-10-22(3)11-13-24)19-26-18-36(17-23-6-4-9-28(32)14-23)20-29(26)25-7-5-8-27(15-25)31(33,34)35/h4-15,21,26,29H,16-20H2,1-3H3/t26-,29+/m0/s1. The molecule has 0 unspecified atom stereocenters. The number of carbonyl (C=O) groups is 1. The Bertz CT molecular complexity index is 1240. The van der Waals surface area contributed by atoms with Gasteiger partial charge in [0.2, 0.25) is 0 Å². The molecule has 1 heterocycles. The van der Waals surface area contributed by atoms with Crippen LogP contribution in [0.1, 0.15) is 52.4 Å². The van der Waals surface area contributed by atoms with Gasteiger partial charge in [-0.05, 0) is 60.2 Å². The van der Waals surface area contributed by atoms with E-state index in [1.54, 1.807) is 12.1 Å². The van der Waals surface area contributed by atoms with Crippen molar-refractivity contribution in [3.63, 3.8) is 0 Å². The summed E-state index contributed by atoms with van der Waals surface area (Å²) in [6, 6.07) is 19.4. The van der Waals surface area contributed by atoms with Crippen LogP contribution in [0.25, 0.3) is 0 Å². The quantitative estimate of drug-likeness (QED) is 0.291. The highest BCUT2D eigenvalue weighted by Gasteiger charge is 2.38. The molecule has 202 valence electrons. The van der Waals surface area contributed by atoms with E-state index in [-0.39, 0.29) is 29.5 Å². The maximum Gasteiger partial charge on any atom is 0.416 e. The molecule has 1 aliphatic rings. The minimum absolute atomic E-state index is 0.0786. The molecular formula is C31H34F4N2O. The second kappa shape index (κ2) is 11.7. The molecule has 7 heteroatoms. The zero-order chi connectivity index (χ0) is 27.4. The van der Waals surface area contributed by atoms with E-state index in [0.29, 0.717) is 43.9 Å². The fourth-order valence-electron chi connectivity index (χ4n) is 5.33. The Morgan fingerprint density at radius 3 is 2.37 bits per heavy atom. The third-order valence-corrected chi connectivity index (χ3v) is 7.08. The first-order valence-corrected chi connectivity index (χ1v) is 13.0. The highest BCUT2D eigenvalue weighted by molar-refractivity contribution is 5.94. The number of alkyl halides is 3. The molecule has 0 spiro atoms. The molecule has 0 aliphatic carbocycles. The molecule has 38 heavy (non-hydrogen) atoms. The summed E-state index contributed by atoms with van der Waals surface area (Å²) >= 11 is 0. The molecule has 4 rings (SSSR count). The van der Waals surface area contributed by atoms with Crippen molar-refractivity contribution in [2.24, 2.45) is 11.8 Å². The molecule has 1 saturated heterocycles. The molecule has 0 N–H and O–H groups in total. The summed E-state index contributed by atoms with van der Waals surface area (Å²) in [4.78, 5) is 17.5. The van der Waals surface area contributed by atoms with Crippen molar-refractivity contribution < 1.29 is 22.4 Å². The molecule has 3 aromatic rings. The van der Waals surface area contributed by atoms with Gasteiger partial charge in [-0.1, -0.05) is 61.9 Å². The van der Waals surface area contributed by atoms with Gasteiger partial charge < -0.3 is 4.90 Å². The summed E-state index contributed by atoms with van der Waals surface area (Å²) in [5.74, 6) is -0.461. The SMILES string of the molecule is Cc1ccc(C(=O)N(CC(C)C)C[C@@H]2CN(Cc3cccc(F)c3)C[C@@H]2c2cccc(C(F)(F)F)c2)cc1. The van der Waals surface area contributed by atoms with Crippen LogP contribution in [0.15, 0.2) is 72.8 Å². The monoisotopic (exact) mass is 526 g/mol. The Labute approximate surface area is 222 Å². The number of benzene rings is 3. The maximum absolute atomic E-state index is 13.8. The van der Waals surface area contributed by atoms with E-state index in [1.165, 1.54) is 24.3 Å². The number of aryl methyl sites for hydroxylation is 1. The van der Waals surface area contributed by atoms with Crippen LogP contribution in [0, 0.1) is 24.6 Å². The van der Waals surface area contributed by atoms with Gasteiger partial charge in [0.1, 0.15) is 5.82 Å². The van der Waals surface area contributed by atoms with E-state index in [0.717, 1.165) is 17.2 Å². The second-order valence-corrected chi connectivity index (χ2v) is 10.8. The van der Waals surface area contributed by atoms with Crippen molar-refractivity contribution in [1.29, 1.82) is 0 Å². The highest BCUT2D eigenvalue weighted by Crippen LogP contribution is 2.37. The summed E-state index contributed by atoms with van der Waals surface area (Å²) in [5, 5.41) is 0. The Kier molecular flexibility index (Phi) is 8.56. The van der Waals surface area contributed by atoms with E-state index in [2.05, 4.69) is 4.90 Å². The number of carbonyl (C=O) groups excluding carboxylic acids is 1. The Morgan fingerprint density at radius 1 is 1.00 bits per heavy atom. The molecule has 3 nitrogen and oxygen atoms in total. The van der Waals surface area contributed by atoms with Gasteiger partial charge in [0.05, 0.1) is 5.56 Å². The maximum atomic E-state index is 13.8. The third-order valence-electron chi connectivity index (χ3n) is 7.08. The predicted molar refractivity (Wildman–Crippen MR) is 141 cm³/mol. The topological polar surface area (TPSA) is 23.6 Å². The van der Waals surface area contributed by atoms with Crippen molar-refractivity contribution in [3.05, 3.63) is 106 Å². The largest absolute Gasteiger partial charge is 0.416 e. The van der Waals surface area contributed by atoms with Gasteiger partial charge in [-0.25, -0.2) is 4.39 Å². The van der Waals surface area contributed by atoms with Gasteiger partial charge in [0.25, 0.3) is 5.91 Å². The normalized spacial score (nSPS) is 18.2. The summed E-state index contributed by atoms with van der Waals surface area (Å²) in [5.41, 5.74) is 2.40. The molecule has 1 aliphatic heterocycles. The number of hydrogen-bond donors (Lipinski definition) is 0. The Morgan fingerprint density at radius 2 is 1.71 bits per heavy atom. The first kappa shape index (κ1) is 27.8. The summed E-state index contributed by atoms with van der Waals surface area (Å²) in [7, 11) is 0. The average molecular weight is 527 g/mol. The van der Waals surface area contributed by atoms with E-state index < -0.39 is 11.7 Å². The Hall–Kier alpha value is -3.19. The van der Waals surface area contributed by atoms with Crippen LogP contribution in [0.3, 0.4) is 0 Å². The minimum atomic E-state index is -4.43. The molecule has 2 atom stereocenters. The minimum Gasteiger partial charge on any atom is -0.338 e. The highest BCUT2D eigenvalue weighted by atomic mass is 19.4. The van der Waals surface area contributed by atoms with Gasteiger partial charge >= 0.3 is 6.18 Å². The van der Waals surface area contributed by atoms with Gasteiger partial charge in [0.15, 0.2) is 0 Å². The molecular weight excluding hydrogens is 492 g/mol. The van der Waals surface area contributed by atoms with Gasteiger partial charge in [-0.2, -0.15) is 13.2 Å². The van der Waals surface area contributed by atoms with Crippen molar-refractivity contribution in [2.75, 3.05) is 26.2 Å². The second-order valence-electron chi connectivity index (χ2n) is 10.8. The molecule has 1 fully saturated rings. The van der Waals surface area contributed by atoms with E-state index in [9.17, 15) is 22.4 Å². The predicted octanol–water partition coefficient (Wildman–Crippen LogP) is 7.17. The van der Waals surface area contributed by atoms with Crippen molar-refractivity contribution in [1.82, 2.24) is 9.80 Å². The number of hydrogen-bond acceptors (Lipinski definition) is 2. The lowest BCUT2D eigenvalue weighted by Gasteiger charge is -2.30. The molecule has 0 radical (unpaired) electrons. The molecule has 3 aromatic carbocycles. The fourth-order valence-corrected chi connectivity index (χ4v) is 5.33. The van der Waals surface area contributed by atoms with E-state index in [1.807, 2.05) is 56.0 Å². The lowest BCUT2D eigenvalue weighted by molar-refractivity contribution is -0.137. The first-order valence-electron chi connectivity index (χ1n) is 13.0. The fraction of sp³-hybridized carbons (Fsp3) is 0.387. The Balaban J connectivity index is 1.63. The third kappa shape index (κ3) is 7.01. The molecule has 0 saturated carbocycles.